The van der Waals surface area contributed by atoms with Gasteiger partial charge < -0.3 is 4.90 Å². The number of benzene rings is 1. The molecule has 3 aromatic rings. The van der Waals surface area contributed by atoms with Crippen LogP contribution in [0.2, 0.25) is 0 Å². The van der Waals surface area contributed by atoms with E-state index in [1.54, 1.807) is 0 Å². The predicted octanol–water partition coefficient (Wildman–Crippen LogP) is 3.92. The molecule has 0 amide bonds. The van der Waals surface area contributed by atoms with Gasteiger partial charge in [0.2, 0.25) is 0 Å². The number of aryl methyl sites for hydroxylation is 4. The van der Waals surface area contributed by atoms with Crippen LogP contribution in [0.1, 0.15) is 29.3 Å². The number of fused-ring (bicyclic) bond motifs is 1. The van der Waals surface area contributed by atoms with Crippen LogP contribution in [-0.4, -0.2) is 21.3 Å². The Balaban J connectivity index is 1.94. The molecule has 120 valence electrons. The zero-order valence-corrected chi connectivity index (χ0v) is 14.6. The maximum absolute atomic E-state index is 4.59. The van der Waals surface area contributed by atoms with Crippen molar-refractivity contribution in [2.24, 2.45) is 7.05 Å². The van der Waals surface area contributed by atoms with E-state index in [2.05, 4.69) is 60.0 Å². The molecule has 0 fully saturated rings. The SMILES string of the molecule is CCN(Cc1cnc2c(c1)c(C)nn2C)c1ccc(C)cc1C. The first-order valence-corrected chi connectivity index (χ1v) is 8.10. The molecule has 0 aliphatic rings. The Kier molecular flexibility index (Phi) is 4.07. The van der Waals surface area contributed by atoms with Crippen LogP contribution >= 0.6 is 0 Å². The van der Waals surface area contributed by atoms with Gasteiger partial charge in [-0.25, -0.2) is 4.98 Å². The Labute approximate surface area is 137 Å². The molecule has 4 heteroatoms. The van der Waals surface area contributed by atoms with Crippen molar-refractivity contribution in [3.05, 3.63) is 52.8 Å². The fraction of sp³-hybridized carbons (Fsp3) is 0.368. The van der Waals surface area contributed by atoms with Crippen LogP contribution in [0.4, 0.5) is 5.69 Å². The number of hydrogen-bond donors (Lipinski definition) is 0. The fourth-order valence-electron chi connectivity index (χ4n) is 3.19. The molecule has 0 spiro atoms. The van der Waals surface area contributed by atoms with E-state index in [-0.39, 0.29) is 0 Å². The number of aromatic nitrogens is 3. The lowest BCUT2D eigenvalue weighted by molar-refractivity contribution is 0.772. The second-order valence-corrected chi connectivity index (χ2v) is 6.23. The first-order chi connectivity index (χ1) is 11.0. The molecule has 23 heavy (non-hydrogen) atoms. The summed E-state index contributed by atoms with van der Waals surface area (Å²) in [4.78, 5) is 6.99. The lowest BCUT2D eigenvalue weighted by Gasteiger charge is -2.25. The summed E-state index contributed by atoms with van der Waals surface area (Å²) in [5, 5.41) is 5.59. The minimum absolute atomic E-state index is 0.859. The largest absolute Gasteiger partial charge is 0.367 e. The molecule has 0 bridgehead atoms. The number of rotatable bonds is 4. The third kappa shape index (κ3) is 2.93. The van der Waals surface area contributed by atoms with Crippen molar-refractivity contribution in [3.63, 3.8) is 0 Å². The Morgan fingerprint density at radius 3 is 2.61 bits per heavy atom. The highest BCUT2D eigenvalue weighted by atomic mass is 15.3. The van der Waals surface area contributed by atoms with Crippen LogP contribution in [-0.2, 0) is 13.6 Å². The second-order valence-electron chi connectivity index (χ2n) is 6.23. The van der Waals surface area contributed by atoms with E-state index in [0.29, 0.717) is 0 Å². The number of pyridine rings is 1. The van der Waals surface area contributed by atoms with Crippen LogP contribution in [0.15, 0.2) is 30.5 Å². The minimum Gasteiger partial charge on any atom is -0.367 e. The van der Waals surface area contributed by atoms with Gasteiger partial charge in [0.1, 0.15) is 0 Å². The van der Waals surface area contributed by atoms with Crippen molar-refractivity contribution >= 4 is 16.7 Å². The highest BCUT2D eigenvalue weighted by Gasteiger charge is 2.11. The summed E-state index contributed by atoms with van der Waals surface area (Å²) in [5.74, 6) is 0. The summed E-state index contributed by atoms with van der Waals surface area (Å²) >= 11 is 0. The van der Waals surface area contributed by atoms with Gasteiger partial charge in [-0.1, -0.05) is 17.7 Å². The minimum atomic E-state index is 0.859. The quantitative estimate of drug-likeness (QED) is 0.732. The van der Waals surface area contributed by atoms with Gasteiger partial charge >= 0.3 is 0 Å². The van der Waals surface area contributed by atoms with Crippen molar-refractivity contribution in [1.29, 1.82) is 0 Å². The average Bonchev–Trinajstić information content (AvgIpc) is 2.80. The summed E-state index contributed by atoms with van der Waals surface area (Å²) in [6.45, 7) is 10.4. The van der Waals surface area contributed by atoms with E-state index in [9.17, 15) is 0 Å². The maximum Gasteiger partial charge on any atom is 0.157 e. The van der Waals surface area contributed by atoms with E-state index in [1.807, 2.05) is 24.9 Å². The van der Waals surface area contributed by atoms with E-state index < -0.39 is 0 Å². The van der Waals surface area contributed by atoms with Crippen LogP contribution in [0, 0.1) is 20.8 Å². The van der Waals surface area contributed by atoms with Gasteiger partial charge in [0.05, 0.1) is 5.69 Å². The standard InChI is InChI=1S/C19H24N4/c1-6-23(18-8-7-13(2)9-14(18)3)12-16-10-17-15(4)21-22(5)19(17)20-11-16/h7-11H,6,12H2,1-5H3. The fourth-order valence-corrected chi connectivity index (χ4v) is 3.19. The van der Waals surface area contributed by atoms with Gasteiger partial charge in [0.15, 0.2) is 5.65 Å². The summed E-state index contributed by atoms with van der Waals surface area (Å²) in [6.07, 6.45) is 1.97. The number of anilines is 1. The zero-order chi connectivity index (χ0) is 16.6. The van der Waals surface area contributed by atoms with Crippen molar-refractivity contribution in [1.82, 2.24) is 14.8 Å². The third-order valence-corrected chi connectivity index (χ3v) is 4.37. The monoisotopic (exact) mass is 308 g/mol. The smallest absolute Gasteiger partial charge is 0.157 e. The molecular formula is C19H24N4. The number of nitrogens with zero attached hydrogens (tertiary/aromatic N) is 4. The van der Waals surface area contributed by atoms with Gasteiger partial charge in [-0.2, -0.15) is 5.10 Å². The first-order valence-electron chi connectivity index (χ1n) is 8.10. The van der Waals surface area contributed by atoms with Gasteiger partial charge in [-0.05, 0) is 51.0 Å². The molecule has 0 N–H and O–H groups in total. The van der Waals surface area contributed by atoms with E-state index in [1.165, 1.54) is 22.4 Å². The predicted molar refractivity (Wildman–Crippen MR) is 95.9 cm³/mol. The molecule has 1 aromatic carbocycles. The molecule has 2 heterocycles. The molecule has 0 aliphatic heterocycles. The van der Waals surface area contributed by atoms with E-state index in [4.69, 9.17) is 0 Å². The van der Waals surface area contributed by atoms with Crippen LogP contribution in [0.3, 0.4) is 0 Å². The van der Waals surface area contributed by atoms with Gasteiger partial charge in [-0.15, -0.1) is 0 Å². The Morgan fingerprint density at radius 1 is 1.13 bits per heavy atom. The van der Waals surface area contributed by atoms with Crippen molar-refractivity contribution in [3.8, 4) is 0 Å². The van der Waals surface area contributed by atoms with Gasteiger partial charge in [0, 0.05) is 37.4 Å². The Hall–Kier alpha value is -2.36. The van der Waals surface area contributed by atoms with Gasteiger partial charge in [-0.3, -0.25) is 4.68 Å². The molecule has 0 atom stereocenters. The normalized spacial score (nSPS) is 11.2. The molecule has 0 saturated heterocycles. The topological polar surface area (TPSA) is 34.0 Å². The van der Waals surface area contributed by atoms with E-state index >= 15 is 0 Å². The average molecular weight is 308 g/mol. The van der Waals surface area contributed by atoms with Crippen molar-refractivity contribution < 1.29 is 0 Å². The Morgan fingerprint density at radius 2 is 1.91 bits per heavy atom. The lowest BCUT2D eigenvalue weighted by atomic mass is 10.1. The summed E-state index contributed by atoms with van der Waals surface area (Å²) in [6, 6.07) is 8.86. The summed E-state index contributed by atoms with van der Waals surface area (Å²) in [7, 11) is 1.94. The molecule has 0 radical (unpaired) electrons. The molecule has 2 aromatic heterocycles. The second kappa shape index (κ2) is 6.03. The van der Waals surface area contributed by atoms with Crippen LogP contribution in [0.25, 0.3) is 11.0 Å². The van der Waals surface area contributed by atoms with Gasteiger partial charge in [0.25, 0.3) is 0 Å². The lowest BCUT2D eigenvalue weighted by Crippen LogP contribution is -2.23. The maximum atomic E-state index is 4.59. The Bertz CT molecular complexity index is 848. The van der Waals surface area contributed by atoms with Crippen molar-refractivity contribution in [2.75, 3.05) is 11.4 Å². The van der Waals surface area contributed by atoms with Crippen molar-refractivity contribution in [2.45, 2.75) is 34.2 Å². The molecule has 0 unspecified atom stereocenters. The molecule has 4 nitrogen and oxygen atoms in total. The third-order valence-electron chi connectivity index (χ3n) is 4.37. The molecule has 3 rings (SSSR count). The molecular weight excluding hydrogens is 284 g/mol. The first kappa shape index (κ1) is 15.5. The molecule has 0 aliphatic carbocycles. The zero-order valence-electron chi connectivity index (χ0n) is 14.6. The van der Waals surface area contributed by atoms with E-state index in [0.717, 1.165) is 29.8 Å². The highest BCUT2D eigenvalue weighted by molar-refractivity contribution is 5.78. The highest BCUT2D eigenvalue weighted by Crippen LogP contribution is 2.24. The number of hydrogen-bond acceptors (Lipinski definition) is 3. The van der Waals surface area contributed by atoms with Crippen LogP contribution in [0.5, 0.6) is 0 Å². The molecule has 0 saturated carbocycles. The summed E-state index contributed by atoms with van der Waals surface area (Å²) in [5.41, 5.74) is 7.11. The van der Waals surface area contributed by atoms with Crippen LogP contribution < -0.4 is 4.90 Å². The summed E-state index contributed by atoms with van der Waals surface area (Å²) < 4.78 is 1.84.